The molecule has 130 valence electrons. The summed E-state index contributed by atoms with van der Waals surface area (Å²) in [7, 11) is 2.17. The van der Waals surface area contributed by atoms with Crippen molar-refractivity contribution >= 4 is 5.91 Å². The maximum atomic E-state index is 12.9. The number of benzene rings is 2. The third-order valence-electron chi connectivity index (χ3n) is 5.65. The van der Waals surface area contributed by atoms with E-state index in [1.807, 2.05) is 59.5 Å². The van der Waals surface area contributed by atoms with Crippen molar-refractivity contribution in [1.82, 2.24) is 9.80 Å². The van der Waals surface area contributed by atoms with Crippen LogP contribution >= 0.6 is 0 Å². The van der Waals surface area contributed by atoms with E-state index in [1.165, 1.54) is 12.8 Å². The van der Waals surface area contributed by atoms with Crippen LogP contribution in [0, 0.1) is 0 Å². The van der Waals surface area contributed by atoms with Crippen LogP contribution in [0.2, 0.25) is 0 Å². The van der Waals surface area contributed by atoms with Crippen molar-refractivity contribution in [3.05, 3.63) is 60.2 Å². The molecule has 0 aromatic heterocycles. The van der Waals surface area contributed by atoms with Gasteiger partial charge in [0.1, 0.15) is 11.5 Å². The third-order valence-corrected chi connectivity index (χ3v) is 5.65. The minimum atomic E-state index is 0.130. The van der Waals surface area contributed by atoms with Gasteiger partial charge in [0.2, 0.25) is 0 Å². The molecule has 2 aromatic carbocycles. The smallest absolute Gasteiger partial charge is 0.253 e. The lowest BCUT2D eigenvalue weighted by Crippen LogP contribution is -2.66. The molecule has 1 spiro atoms. The van der Waals surface area contributed by atoms with Gasteiger partial charge in [-0.25, -0.2) is 0 Å². The molecule has 4 rings (SSSR count). The highest BCUT2D eigenvalue weighted by Gasteiger charge is 2.45. The molecule has 4 nitrogen and oxygen atoms in total. The zero-order chi connectivity index (χ0) is 17.3. The lowest BCUT2D eigenvalue weighted by atomic mass is 9.78. The lowest BCUT2D eigenvalue weighted by molar-refractivity contribution is -0.0409. The number of carbonyl (C=O) groups is 1. The van der Waals surface area contributed by atoms with Crippen LogP contribution in [0.1, 0.15) is 29.6 Å². The van der Waals surface area contributed by atoms with Gasteiger partial charge in [-0.15, -0.1) is 0 Å². The van der Waals surface area contributed by atoms with E-state index < -0.39 is 0 Å². The average molecular weight is 336 g/mol. The number of likely N-dealkylation sites (tertiary alicyclic amines) is 2. The Labute approximate surface area is 149 Å². The molecule has 25 heavy (non-hydrogen) atoms. The summed E-state index contributed by atoms with van der Waals surface area (Å²) in [6.45, 7) is 2.86. The van der Waals surface area contributed by atoms with Gasteiger partial charge in [-0.3, -0.25) is 9.69 Å². The first-order chi connectivity index (χ1) is 12.2. The molecule has 1 amide bonds. The third kappa shape index (κ3) is 3.14. The maximum Gasteiger partial charge on any atom is 0.253 e. The maximum absolute atomic E-state index is 12.9. The first-order valence-corrected chi connectivity index (χ1v) is 9.00. The molecule has 4 heteroatoms. The quantitative estimate of drug-likeness (QED) is 0.855. The number of hydrogen-bond donors (Lipinski definition) is 0. The van der Waals surface area contributed by atoms with Crippen molar-refractivity contribution < 1.29 is 9.53 Å². The van der Waals surface area contributed by atoms with Gasteiger partial charge >= 0.3 is 0 Å². The second-order valence-electron chi connectivity index (χ2n) is 7.17. The van der Waals surface area contributed by atoms with Crippen LogP contribution in [0.15, 0.2) is 54.6 Å². The van der Waals surface area contributed by atoms with Gasteiger partial charge in [0.15, 0.2) is 0 Å². The summed E-state index contributed by atoms with van der Waals surface area (Å²) in [5, 5.41) is 0. The summed E-state index contributed by atoms with van der Waals surface area (Å²) in [6, 6.07) is 17.2. The number of hydrogen-bond acceptors (Lipinski definition) is 3. The fraction of sp³-hybridized carbons (Fsp3) is 0.381. The van der Waals surface area contributed by atoms with Gasteiger partial charge in [0.05, 0.1) is 0 Å². The monoisotopic (exact) mass is 336 g/mol. The van der Waals surface area contributed by atoms with Gasteiger partial charge in [0, 0.05) is 30.7 Å². The van der Waals surface area contributed by atoms with Crippen molar-refractivity contribution in [2.24, 2.45) is 0 Å². The average Bonchev–Trinajstić information content (AvgIpc) is 2.68. The molecule has 2 aliphatic heterocycles. The number of amides is 1. The Bertz CT molecular complexity index is 744. The first-order valence-electron chi connectivity index (χ1n) is 9.00. The number of piperidine rings is 1. The van der Waals surface area contributed by atoms with Gasteiger partial charge in [-0.1, -0.05) is 18.2 Å². The summed E-state index contributed by atoms with van der Waals surface area (Å²) < 4.78 is 5.80. The molecule has 2 aliphatic rings. The molecule has 0 aliphatic carbocycles. The predicted molar refractivity (Wildman–Crippen MR) is 98.1 cm³/mol. The highest BCUT2D eigenvalue weighted by molar-refractivity contribution is 5.94. The van der Waals surface area contributed by atoms with E-state index in [1.54, 1.807) is 0 Å². The van der Waals surface area contributed by atoms with Crippen LogP contribution in [0.25, 0.3) is 0 Å². The second kappa shape index (κ2) is 6.52. The largest absolute Gasteiger partial charge is 0.457 e. The topological polar surface area (TPSA) is 32.8 Å². The molecule has 0 bridgehead atoms. The van der Waals surface area contributed by atoms with E-state index in [0.717, 1.165) is 43.1 Å². The summed E-state index contributed by atoms with van der Waals surface area (Å²) in [4.78, 5) is 17.3. The highest BCUT2D eigenvalue weighted by Crippen LogP contribution is 2.37. The van der Waals surface area contributed by atoms with Crippen molar-refractivity contribution in [3.8, 4) is 11.5 Å². The van der Waals surface area contributed by atoms with Crippen molar-refractivity contribution in [3.63, 3.8) is 0 Å². The second-order valence-corrected chi connectivity index (χ2v) is 7.17. The number of para-hydroxylation sites is 1. The van der Waals surface area contributed by atoms with Crippen molar-refractivity contribution in [2.75, 3.05) is 26.7 Å². The van der Waals surface area contributed by atoms with E-state index in [2.05, 4.69) is 11.9 Å². The molecule has 2 saturated heterocycles. The van der Waals surface area contributed by atoms with Gasteiger partial charge in [-0.05, 0) is 62.7 Å². The Kier molecular flexibility index (Phi) is 4.22. The van der Waals surface area contributed by atoms with E-state index in [-0.39, 0.29) is 11.4 Å². The van der Waals surface area contributed by atoms with Gasteiger partial charge in [0.25, 0.3) is 5.91 Å². The lowest BCUT2D eigenvalue weighted by Gasteiger charge is -2.55. The SMILES string of the molecule is CN1CC[C@]12CCCN(C(=O)c1ccc(Oc3ccccc3)cc1)C2. The van der Waals surface area contributed by atoms with E-state index >= 15 is 0 Å². The normalized spacial score (nSPS) is 23.3. The number of rotatable bonds is 3. The van der Waals surface area contributed by atoms with Crippen LogP contribution in [-0.4, -0.2) is 47.9 Å². The molecule has 2 aromatic rings. The zero-order valence-corrected chi connectivity index (χ0v) is 14.6. The Morgan fingerprint density at radius 2 is 1.68 bits per heavy atom. The summed E-state index contributed by atoms with van der Waals surface area (Å²) in [6.07, 6.45) is 3.50. The molecular formula is C21H24N2O2. The molecule has 0 saturated carbocycles. The summed E-state index contributed by atoms with van der Waals surface area (Å²) in [5.41, 5.74) is 0.962. The number of likely N-dealkylation sites (N-methyl/N-ethyl adjacent to an activating group) is 1. The fourth-order valence-electron chi connectivity index (χ4n) is 3.93. The van der Waals surface area contributed by atoms with E-state index in [4.69, 9.17) is 4.74 Å². The van der Waals surface area contributed by atoms with Crippen LogP contribution in [0.5, 0.6) is 11.5 Å². The van der Waals surface area contributed by atoms with E-state index in [0.29, 0.717) is 0 Å². The van der Waals surface area contributed by atoms with Crippen LogP contribution in [0.4, 0.5) is 0 Å². The minimum absolute atomic E-state index is 0.130. The van der Waals surface area contributed by atoms with E-state index in [9.17, 15) is 4.79 Å². The first kappa shape index (κ1) is 16.2. The van der Waals surface area contributed by atoms with Crippen LogP contribution in [-0.2, 0) is 0 Å². The Morgan fingerprint density at radius 3 is 2.32 bits per heavy atom. The Hall–Kier alpha value is -2.33. The zero-order valence-electron chi connectivity index (χ0n) is 14.6. The Balaban J connectivity index is 1.44. The Morgan fingerprint density at radius 1 is 0.960 bits per heavy atom. The number of ether oxygens (including phenoxy) is 1. The molecule has 2 heterocycles. The molecule has 0 unspecified atom stereocenters. The van der Waals surface area contributed by atoms with Gasteiger partial charge < -0.3 is 9.64 Å². The predicted octanol–water partition coefficient (Wildman–Crippen LogP) is 3.79. The molecule has 1 atom stereocenters. The minimum Gasteiger partial charge on any atom is -0.457 e. The summed E-state index contributed by atoms with van der Waals surface area (Å²) in [5.74, 6) is 1.68. The highest BCUT2D eigenvalue weighted by atomic mass is 16.5. The fourth-order valence-corrected chi connectivity index (χ4v) is 3.93. The van der Waals surface area contributed by atoms with Crippen molar-refractivity contribution in [1.29, 1.82) is 0 Å². The van der Waals surface area contributed by atoms with Crippen LogP contribution in [0.3, 0.4) is 0 Å². The number of nitrogens with zero attached hydrogens (tertiary/aromatic N) is 2. The molecule has 2 fully saturated rings. The van der Waals surface area contributed by atoms with Gasteiger partial charge in [-0.2, -0.15) is 0 Å². The molecular weight excluding hydrogens is 312 g/mol. The number of carbonyl (C=O) groups excluding carboxylic acids is 1. The standard InChI is InChI=1S/C21H24N2O2/c1-22-15-13-21(22)12-5-14-23(16-21)20(24)17-8-10-19(11-9-17)25-18-6-3-2-4-7-18/h2-4,6-11H,5,12-16H2,1H3/t21-/m0/s1. The van der Waals surface area contributed by atoms with Crippen molar-refractivity contribution in [2.45, 2.75) is 24.8 Å². The summed E-state index contributed by atoms with van der Waals surface area (Å²) >= 11 is 0. The molecule has 0 radical (unpaired) electrons. The van der Waals surface area contributed by atoms with Crippen LogP contribution < -0.4 is 4.74 Å². The molecule has 0 N–H and O–H groups in total.